The van der Waals surface area contributed by atoms with Crippen molar-refractivity contribution in [3.63, 3.8) is 0 Å². The zero-order valence-corrected chi connectivity index (χ0v) is 17.2. The first-order valence-electron chi connectivity index (χ1n) is 7.35. The molecule has 0 aliphatic heterocycles. The predicted molar refractivity (Wildman–Crippen MR) is 98.4 cm³/mol. The van der Waals surface area contributed by atoms with Crippen LogP contribution in [0.5, 0.6) is 0 Å². The van der Waals surface area contributed by atoms with Gasteiger partial charge in [0.1, 0.15) is 0 Å². The molecule has 4 heteroatoms. The van der Waals surface area contributed by atoms with E-state index in [1.165, 1.54) is 20.1 Å². The van der Waals surface area contributed by atoms with Gasteiger partial charge in [-0.15, -0.1) is 0 Å². The average Bonchev–Trinajstić information content (AvgIpc) is 2.47. The van der Waals surface area contributed by atoms with E-state index in [4.69, 9.17) is 0 Å². The van der Waals surface area contributed by atoms with Crippen LogP contribution in [-0.4, -0.2) is 64.3 Å². The first kappa shape index (κ1) is 17.7. The molecule has 0 fully saturated rings. The van der Waals surface area contributed by atoms with Gasteiger partial charge < -0.3 is 0 Å². The average molecular weight is 426 g/mol. The number of benzene rings is 2. The molecule has 0 saturated carbocycles. The zero-order valence-electron chi connectivity index (χ0n) is 13.7. The van der Waals surface area contributed by atoms with Crippen LogP contribution >= 0.6 is 0 Å². The van der Waals surface area contributed by atoms with Gasteiger partial charge in [0.05, 0.1) is 0 Å². The van der Waals surface area contributed by atoms with E-state index in [0.29, 0.717) is 26.3 Å². The normalized spacial score (nSPS) is 11.4. The van der Waals surface area contributed by atoms with Crippen molar-refractivity contribution in [2.75, 3.05) is 28.2 Å². The Bertz CT molecular complexity index is 509. The molecule has 0 aliphatic carbocycles. The molecule has 0 aromatic heterocycles. The van der Waals surface area contributed by atoms with Crippen LogP contribution in [0.25, 0.3) is 0 Å². The third-order valence-electron chi connectivity index (χ3n) is 3.08. The number of hydrogen-bond donors (Lipinski definition) is 0. The van der Waals surface area contributed by atoms with Crippen molar-refractivity contribution >= 4 is 35.2 Å². The van der Waals surface area contributed by atoms with Gasteiger partial charge in [0.15, 0.2) is 0 Å². The second-order valence-electron chi connectivity index (χ2n) is 5.93. The minimum atomic E-state index is 0.576. The monoisotopic (exact) mass is 428 g/mol. The SMILES string of the molecule is CN(C)Cc1ccc([Se][Se]c2ccc(CN(C)C)cc2)cc1. The molecule has 2 aromatic carbocycles. The molecule has 2 rings (SSSR count). The van der Waals surface area contributed by atoms with Crippen molar-refractivity contribution < 1.29 is 0 Å². The van der Waals surface area contributed by atoms with E-state index >= 15 is 0 Å². The zero-order chi connectivity index (χ0) is 15.9. The maximum absolute atomic E-state index is 2.31. The second-order valence-corrected chi connectivity index (χ2v) is 12.2. The van der Waals surface area contributed by atoms with Gasteiger partial charge in [-0.3, -0.25) is 0 Å². The molecule has 0 amide bonds. The molecule has 0 spiro atoms. The quantitative estimate of drug-likeness (QED) is 0.612. The molecular weight excluding hydrogens is 402 g/mol. The van der Waals surface area contributed by atoms with Gasteiger partial charge in [-0.05, 0) is 0 Å². The molecule has 118 valence electrons. The summed E-state index contributed by atoms with van der Waals surface area (Å²) in [6, 6.07) is 18.3. The Morgan fingerprint density at radius 3 is 1.18 bits per heavy atom. The molecule has 0 heterocycles. The van der Waals surface area contributed by atoms with Crippen molar-refractivity contribution in [3.8, 4) is 0 Å². The van der Waals surface area contributed by atoms with Gasteiger partial charge in [0.2, 0.25) is 0 Å². The summed E-state index contributed by atoms with van der Waals surface area (Å²) in [6.07, 6.45) is 0. The molecule has 2 aromatic rings. The van der Waals surface area contributed by atoms with E-state index in [0.717, 1.165) is 13.1 Å². The van der Waals surface area contributed by atoms with Crippen LogP contribution in [0.2, 0.25) is 0 Å². The second kappa shape index (κ2) is 8.88. The Balaban J connectivity index is 1.87. The summed E-state index contributed by atoms with van der Waals surface area (Å²) in [5.41, 5.74) is 2.79. The van der Waals surface area contributed by atoms with Gasteiger partial charge in [0, 0.05) is 0 Å². The molecule has 0 unspecified atom stereocenters. The molecule has 0 atom stereocenters. The van der Waals surface area contributed by atoms with Gasteiger partial charge in [-0.25, -0.2) is 0 Å². The van der Waals surface area contributed by atoms with Crippen LogP contribution in [-0.2, 0) is 13.1 Å². The topological polar surface area (TPSA) is 6.48 Å². The first-order chi connectivity index (χ1) is 10.5. The predicted octanol–water partition coefficient (Wildman–Crippen LogP) is 1.08. The molecule has 0 radical (unpaired) electrons. The fourth-order valence-electron chi connectivity index (χ4n) is 2.13. The number of nitrogens with zero attached hydrogens (tertiary/aromatic N) is 2. The summed E-state index contributed by atoms with van der Waals surface area (Å²) in [4.78, 5) is 4.42. The summed E-state index contributed by atoms with van der Waals surface area (Å²) in [7, 11) is 8.45. The standard InChI is InChI=1S/C18H24N2Se2/c1-19(2)13-15-5-9-17(10-6-15)21-22-18-11-7-16(8-12-18)14-20(3)4/h5-12H,13-14H2,1-4H3. The summed E-state index contributed by atoms with van der Waals surface area (Å²) >= 11 is 1.15. The molecule has 22 heavy (non-hydrogen) atoms. The Morgan fingerprint density at radius 2 is 0.909 bits per heavy atom. The van der Waals surface area contributed by atoms with Gasteiger partial charge >= 0.3 is 146 Å². The van der Waals surface area contributed by atoms with Crippen LogP contribution in [0, 0.1) is 0 Å². The van der Waals surface area contributed by atoms with Crippen molar-refractivity contribution in [1.29, 1.82) is 0 Å². The van der Waals surface area contributed by atoms with Crippen LogP contribution < -0.4 is 8.92 Å². The van der Waals surface area contributed by atoms with Crippen LogP contribution in [0.1, 0.15) is 11.1 Å². The van der Waals surface area contributed by atoms with Crippen LogP contribution in [0.15, 0.2) is 48.5 Å². The molecule has 0 saturated heterocycles. The Morgan fingerprint density at radius 1 is 0.591 bits per heavy atom. The van der Waals surface area contributed by atoms with E-state index in [9.17, 15) is 0 Å². The van der Waals surface area contributed by atoms with E-state index < -0.39 is 0 Å². The van der Waals surface area contributed by atoms with Crippen molar-refractivity contribution in [2.24, 2.45) is 0 Å². The Hall–Kier alpha value is -0.601. The third kappa shape index (κ3) is 6.26. The molecular formula is C18H24N2Se2. The van der Waals surface area contributed by atoms with Crippen molar-refractivity contribution in [2.45, 2.75) is 13.1 Å². The van der Waals surface area contributed by atoms with Gasteiger partial charge in [0.25, 0.3) is 0 Å². The fourth-order valence-corrected chi connectivity index (χ4v) is 8.09. The minimum absolute atomic E-state index is 0.576. The van der Waals surface area contributed by atoms with E-state index in [-0.39, 0.29) is 0 Å². The molecule has 0 N–H and O–H groups in total. The molecule has 0 bridgehead atoms. The van der Waals surface area contributed by atoms with E-state index in [1.807, 2.05) is 0 Å². The summed E-state index contributed by atoms with van der Waals surface area (Å²) in [5.74, 6) is 0. The summed E-state index contributed by atoms with van der Waals surface area (Å²) in [6.45, 7) is 2.04. The van der Waals surface area contributed by atoms with E-state index in [2.05, 4.69) is 86.5 Å². The van der Waals surface area contributed by atoms with E-state index in [1.54, 1.807) is 0 Å². The van der Waals surface area contributed by atoms with Gasteiger partial charge in [-0.2, -0.15) is 0 Å². The maximum atomic E-state index is 2.31. The molecule has 2 nitrogen and oxygen atoms in total. The summed E-state index contributed by atoms with van der Waals surface area (Å²) < 4.78 is 3.01. The Kier molecular flexibility index (Phi) is 7.17. The summed E-state index contributed by atoms with van der Waals surface area (Å²) in [5, 5.41) is 0. The van der Waals surface area contributed by atoms with Gasteiger partial charge in [-0.1, -0.05) is 0 Å². The van der Waals surface area contributed by atoms with Crippen LogP contribution in [0.3, 0.4) is 0 Å². The Labute approximate surface area is 145 Å². The van der Waals surface area contributed by atoms with Crippen LogP contribution in [0.4, 0.5) is 0 Å². The third-order valence-corrected chi connectivity index (χ3v) is 10.3. The number of rotatable bonds is 7. The fraction of sp³-hybridized carbons (Fsp3) is 0.333. The first-order valence-corrected chi connectivity index (χ1v) is 13.4. The van der Waals surface area contributed by atoms with Crippen molar-refractivity contribution in [1.82, 2.24) is 9.80 Å². The number of hydrogen-bond acceptors (Lipinski definition) is 2. The van der Waals surface area contributed by atoms with Crippen molar-refractivity contribution in [3.05, 3.63) is 59.7 Å². The molecule has 0 aliphatic rings.